The molecule has 1 heterocycles. The average Bonchev–Trinajstić information content (AvgIpc) is 2.62. The van der Waals surface area contributed by atoms with Crippen molar-refractivity contribution in [1.82, 2.24) is 10.2 Å². The van der Waals surface area contributed by atoms with Crippen LogP contribution in [0.5, 0.6) is 0 Å². The van der Waals surface area contributed by atoms with E-state index in [1.54, 1.807) is 6.92 Å². The van der Waals surface area contributed by atoms with Gasteiger partial charge in [-0.2, -0.15) is 0 Å². The summed E-state index contributed by atoms with van der Waals surface area (Å²) in [4.78, 5) is 27.0. The van der Waals surface area contributed by atoms with Gasteiger partial charge in [-0.05, 0) is 18.9 Å². The van der Waals surface area contributed by atoms with Crippen LogP contribution in [0.2, 0.25) is 0 Å². The van der Waals surface area contributed by atoms with E-state index in [1.165, 1.54) is 10.5 Å². The zero-order valence-electron chi connectivity index (χ0n) is 15.0. The van der Waals surface area contributed by atoms with Crippen LogP contribution in [-0.4, -0.2) is 55.5 Å². The summed E-state index contributed by atoms with van der Waals surface area (Å²) in [6.45, 7) is 9.57. The molecule has 5 nitrogen and oxygen atoms in total. The third-order valence-corrected chi connectivity index (χ3v) is 5.14. The highest BCUT2D eigenvalue weighted by atomic mass is 16.2. The van der Waals surface area contributed by atoms with Gasteiger partial charge in [-0.15, -0.1) is 0 Å². The lowest BCUT2D eigenvalue weighted by Gasteiger charge is -2.34. The van der Waals surface area contributed by atoms with E-state index in [1.807, 2.05) is 30.0 Å². The first kappa shape index (κ1) is 18.5. The van der Waals surface area contributed by atoms with Gasteiger partial charge in [0.1, 0.15) is 0 Å². The van der Waals surface area contributed by atoms with E-state index in [9.17, 15) is 9.59 Å². The number of nitrogens with zero attached hydrogens (tertiary/aromatic N) is 1. The Kier molecular flexibility index (Phi) is 6.79. The highest BCUT2D eigenvalue weighted by Crippen LogP contribution is 2.17. The maximum Gasteiger partial charge on any atom is 0.278 e. The summed E-state index contributed by atoms with van der Waals surface area (Å²) in [5.74, 6) is 0.586. The second-order valence-electron chi connectivity index (χ2n) is 6.65. The average molecular weight is 332 g/mol. The number of quaternary nitrogens is 1. The van der Waals surface area contributed by atoms with Gasteiger partial charge in [0.25, 0.3) is 5.91 Å². The lowest BCUT2D eigenvalue weighted by atomic mass is 9.96. The van der Waals surface area contributed by atoms with Crippen LogP contribution in [0.4, 0.5) is 0 Å². The van der Waals surface area contributed by atoms with Gasteiger partial charge in [0.2, 0.25) is 5.91 Å². The molecule has 0 saturated carbocycles. The lowest BCUT2D eigenvalue weighted by Crippen LogP contribution is -3.19. The summed E-state index contributed by atoms with van der Waals surface area (Å²) >= 11 is 0. The molecule has 0 aromatic heterocycles. The van der Waals surface area contributed by atoms with Crippen molar-refractivity contribution in [1.29, 1.82) is 0 Å². The molecular formula is C19H30N3O2+. The van der Waals surface area contributed by atoms with Gasteiger partial charge in [-0.1, -0.05) is 37.3 Å². The molecule has 0 unspecified atom stereocenters. The molecule has 1 aliphatic rings. The van der Waals surface area contributed by atoms with Crippen molar-refractivity contribution in [3.63, 3.8) is 0 Å². The number of carbonyl (C=O) groups is 2. The molecule has 1 fully saturated rings. The molecule has 2 rings (SSSR count). The molecule has 5 heteroatoms. The van der Waals surface area contributed by atoms with Crippen LogP contribution in [-0.2, 0) is 9.59 Å². The van der Waals surface area contributed by atoms with Crippen molar-refractivity contribution < 1.29 is 14.5 Å². The normalized spacial score (nSPS) is 18.0. The summed E-state index contributed by atoms with van der Waals surface area (Å²) in [5, 5.41) is 3.12. The lowest BCUT2D eigenvalue weighted by molar-refractivity contribution is -0.918. The first-order valence-electron chi connectivity index (χ1n) is 8.95. The van der Waals surface area contributed by atoms with E-state index >= 15 is 0 Å². The standard InChI is InChI=1S/C19H29N3O2/c1-4-17(18-8-6-5-7-9-18)14-20-19(24)15(2)21-10-12-22(13-11-21)16(3)23/h5-9,15,17H,4,10-14H2,1-3H3,(H,20,24)/p+1/t15-,17+/m0/s1. The Morgan fingerprint density at radius 3 is 2.38 bits per heavy atom. The van der Waals surface area contributed by atoms with Crippen molar-refractivity contribution in [2.45, 2.75) is 39.2 Å². The van der Waals surface area contributed by atoms with Crippen molar-refractivity contribution in [3.8, 4) is 0 Å². The third-order valence-electron chi connectivity index (χ3n) is 5.14. The first-order valence-corrected chi connectivity index (χ1v) is 8.95. The Balaban J connectivity index is 1.82. The van der Waals surface area contributed by atoms with Gasteiger partial charge in [-0.25, -0.2) is 0 Å². The Hall–Kier alpha value is -1.88. The van der Waals surface area contributed by atoms with Crippen molar-refractivity contribution in [2.75, 3.05) is 32.7 Å². The summed E-state index contributed by atoms with van der Waals surface area (Å²) in [6.07, 6.45) is 1.00. The van der Waals surface area contributed by atoms with E-state index in [0.717, 1.165) is 32.6 Å². The number of piperazine rings is 1. The maximum atomic E-state index is 12.5. The zero-order chi connectivity index (χ0) is 17.5. The summed E-state index contributed by atoms with van der Waals surface area (Å²) in [6, 6.07) is 10.3. The number of amides is 2. The second kappa shape index (κ2) is 8.83. The topological polar surface area (TPSA) is 53.9 Å². The van der Waals surface area contributed by atoms with Crippen LogP contribution in [0.15, 0.2) is 30.3 Å². The fraction of sp³-hybridized carbons (Fsp3) is 0.579. The minimum Gasteiger partial charge on any atom is -0.350 e. The molecule has 1 aromatic carbocycles. The van der Waals surface area contributed by atoms with E-state index in [-0.39, 0.29) is 17.9 Å². The van der Waals surface area contributed by atoms with Crippen molar-refractivity contribution in [3.05, 3.63) is 35.9 Å². The fourth-order valence-corrected chi connectivity index (χ4v) is 3.33. The van der Waals surface area contributed by atoms with E-state index in [0.29, 0.717) is 12.5 Å². The van der Waals surface area contributed by atoms with Gasteiger partial charge in [0.05, 0.1) is 26.2 Å². The van der Waals surface area contributed by atoms with Crippen LogP contribution in [0.25, 0.3) is 0 Å². The molecular weight excluding hydrogens is 302 g/mol. The highest BCUT2D eigenvalue weighted by Gasteiger charge is 2.29. The van der Waals surface area contributed by atoms with Gasteiger partial charge < -0.3 is 15.1 Å². The number of benzene rings is 1. The predicted molar refractivity (Wildman–Crippen MR) is 94.9 cm³/mol. The quantitative estimate of drug-likeness (QED) is 0.794. The van der Waals surface area contributed by atoms with Gasteiger partial charge in [0, 0.05) is 19.4 Å². The molecule has 0 bridgehead atoms. The minimum absolute atomic E-state index is 0.0765. The van der Waals surface area contributed by atoms with Gasteiger partial charge in [-0.3, -0.25) is 9.59 Å². The van der Waals surface area contributed by atoms with Crippen LogP contribution < -0.4 is 10.2 Å². The van der Waals surface area contributed by atoms with Gasteiger partial charge in [0.15, 0.2) is 6.04 Å². The Morgan fingerprint density at radius 2 is 1.83 bits per heavy atom. The molecule has 2 atom stereocenters. The number of hydrogen-bond donors (Lipinski definition) is 2. The highest BCUT2D eigenvalue weighted by molar-refractivity contribution is 5.80. The third kappa shape index (κ3) is 4.81. The van der Waals surface area contributed by atoms with Crippen molar-refractivity contribution in [2.24, 2.45) is 0 Å². The minimum atomic E-state index is -0.0765. The van der Waals surface area contributed by atoms with Gasteiger partial charge >= 0.3 is 0 Å². The SMILES string of the molecule is CC[C@H](CNC(=O)[C@H](C)[NH+]1CCN(C(C)=O)CC1)c1ccccc1. The molecule has 132 valence electrons. The molecule has 0 spiro atoms. The molecule has 1 aliphatic heterocycles. The number of rotatable bonds is 6. The summed E-state index contributed by atoms with van der Waals surface area (Å²) < 4.78 is 0. The summed E-state index contributed by atoms with van der Waals surface area (Å²) in [5.41, 5.74) is 1.27. The first-order chi connectivity index (χ1) is 11.5. The largest absolute Gasteiger partial charge is 0.350 e. The zero-order valence-corrected chi connectivity index (χ0v) is 15.0. The predicted octanol–water partition coefficient (Wildman–Crippen LogP) is 0.432. The van der Waals surface area contributed by atoms with E-state index in [2.05, 4.69) is 24.4 Å². The Morgan fingerprint density at radius 1 is 1.21 bits per heavy atom. The maximum absolute atomic E-state index is 12.5. The van der Waals surface area contributed by atoms with Crippen LogP contribution >= 0.6 is 0 Å². The Bertz CT molecular complexity index is 539. The van der Waals surface area contributed by atoms with Crippen LogP contribution in [0, 0.1) is 0 Å². The number of nitrogens with one attached hydrogen (secondary N) is 2. The van der Waals surface area contributed by atoms with E-state index < -0.39 is 0 Å². The summed E-state index contributed by atoms with van der Waals surface area (Å²) in [7, 11) is 0. The van der Waals surface area contributed by atoms with Crippen molar-refractivity contribution >= 4 is 11.8 Å². The molecule has 0 radical (unpaired) electrons. The monoisotopic (exact) mass is 332 g/mol. The smallest absolute Gasteiger partial charge is 0.278 e. The molecule has 1 saturated heterocycles. The molecule has 0 aliphatic carbocycles. The van der Waals surface area contributed by atoms with E-state index in [4.69, 9.17) is 0 Å². The fourth-order valence-electron chi connectivity index (χ4n) is 3.33. The Labute approximate surface area is 145 Å². The number of carbonyl (C=O) groups excluding carboxylic acids is 2. The molecule has 2 N–H and O–H groups in total. The van der Waals surface area contributed by atoms with Crippen LogP contribution in [0.3, 0.4) is 0 Å². The second-order valence-corrected chi connectivity index (χ2v) is 6.65. The molecule has 1 aromatic rings. The number of hydrogen-bond acceptors (Lipinski definition) is 2. The van der Waals surface area contributed by atoms with Crippen LogP contribution in [0.1, 0.15) is 38.7 Å². The molecule has 24 heavy (non-hydrogen) atoms. The molecule has 2 amide bonds.